The van der Waals surface area contributed by atoms with Gasteiger partial charge >= 0.3 is 0 Å². The van der Waals surface area contributed by atoms with Crippen LogP contribution in [0.1, 0.15) is 79.6 Å². The summed E-state index contributed by atoms with van der Waals surface area (Å²) in [7, 11) is 1.92. The number of rotatable bonds is 1. The molecule has 9 atom stereocenters. The van der Waals surface area contributed by atoms with E-state index in [1.807, 2.05) is 7.11 Å². The average Bonchev–Trinajstić information content (AvgIpc) is 2.97. The van der Waals surface area contributed by atoms with Crippen LogP contribution in [0.4, 0.5) is 0 Å². The third kappa shape index (κ3) is 2.85. The number of aliphatic hydroxyl groups is 1. The van der Waals surface area contributed by atoms with E-state index in [4.69, 9.17) is 14.2 Å². The van der Waals surface area contributed by atoms with Gasteiger partial charge in [-0.3, -0.25) is 0 Å². The van der Waals surface area contributed by atoms with Gasteiger partial charge in [0.2, 0.25) is 0 Å². The van der Waals surface area contributed by atoms with Crippen molar-refractivity contribution in [2.24, 2.45) is 45.8 Å². The second kappa shape index (κ2) is 6.92. The smallest absolute Gasteiger partial charge is 0.173 e. The Balaban J connectivity index is 1.48. The predicted molar refractivity (Wildman–Crippen MR) is 117 cm³/mol. The van der Waals surface area contributed by atoms with Gasteiger partial charge in [-0.15, -0.1) is 0 Å². The lowest BCUT2D eigenvalue weighted by Gasteiger charge is -2.64. The van der Waals surface area contributed by atoms with Crippen molar-refractivity contribution in [2.45, 2.75) is 97.6 Å². The van der Waals surface area contributed by atoms with Gasteiger partial charge in [0, 0.05) is 24.4 Å². The molecule has 0 radical (unpaired) electrons. The van der Waals surface area contributed by atoms with Gasteiger partial charge in [0.1, 0.15) is 0 Å². The molecule has 1 unspecified atom stereocenters. The van der Waals surface area contributed by atoms with Gasteiger partial charge in [-0.1, -0.05) is 34.6 Å². The quantitative estimate of drug-likeness (QED) is 0.646. The summed E-state index contributed by atoms with van der Waals surface area (Å²) in [5.41, 5.74) is 0.395. The Bertz CT molecular complexity index is 666. The Morgan fingerprint density at radius 3 is 2.33 bits per heavy atom. The molecule has 1 heterocycles. The minimum absolute atomic E-state index is 0.0222. The van der Waals surface area contributed by atoms with E-state index >= 15 is 0 Å². The molecular weight excluding hydrogens is 376 g/mol. The highest BCUT2D eigenvalue weighted by atomic mass is 16.7. The van der Waals surface area contributed by atoms with Crippen LogP contribution in [-0.4, -0.2) is 43.4 Å². The lowest BCUT2D eigenvalue weighted by molar-refractivity contribution is -0.354. The first kappa shape index (κ1) is 21.7. The molecule has 4 heteroatoms. The second-order valence-corrected chi connectivity index (χ2v) is 13.0. The summed E-state index contributed by atoms with van der Waals surface area (Å²) in [6.45, 7) is 13.3. The highest BCUT2D eigenvalue weighted by molar-refractivity contribution is 5.15. The molecule has 0 aromatic heterocycles. The summed E-state index contributed by atoms with van der Waals surface area (Å²) in [5.74, 6) is 2.50. The Morgan fingerprint density at radius 2 is 1.67 bits per heavy atom. The molecule has 5 aliphatic rings. The molecule has 1 N–H and O–H groups in total. The molecular formula is C26H44O4. The maximum atomic E-state index is 10.6. The minimum Gasteiger partial charge on any atom is -0.393 e. The van der Waals surface area contributed by atoms with Crippen LogP contribution in [0.3, 0.4) is 0 Å². The van der Waals surface area contributed by atoms with Gasteiger partial charge in [-0.25, -0.2) is 0 Å². The lowest BCUT2D eigenvalue weighted by atomic mass is 9.43. The first-order chi connectivity index (χ1) is 14.1. The van der Waals surface area contributed by atoms with E-state index in [9.17, 15) is 5.11 Å². The summed E-state index contributed by atoms with van der Waals surface area (Å²) >= 11 is 0. The number of hydrogen-bond donors (Lipinski definition) is 1. The molecule has 1 aliphatic heterocycles. The zero-order valence-corrected chi connectivity index (χ0v) is 20.1. The van der Waals surface area contributed by atoms with E-state index in [0.29, 0.717) is 29.6 Å². The van der Waals surface area contributed by atoms with E-state index < -0.39 is 5.79 Å². The molecule has 5 rings (SSSR count). The van der Waals surface area contributed by atoms with Crippen LogP contribution in [0.5, 0.6) is 0 Å². The van der Waals surface area contributed by atoms with Crippen LogP contribution in [0.15, 0.2) is 0 Å². The van der Waals surface area contributed by atoms with Gasteiger partial charge in [-0.2, -0.15) is 0 Å². The lowest BCUT2D eigenvalue weighted by Crippen LogP contribution is -2.64. The van der Waals surface area contributed by atoms with Crippen molar-refractivity contribution in [2.75, 3.05) is 20.3 Å². The van der Waals surface area contributed by atoms with Gasteiger partial charge in [0.15, 0.2) is 5.79 Å². The van der Waals surface area contributed by atoms with E-state index in [1.165, 1.54) is 19.3 Å². The van der Waals surface area contributed by atoms with Crippen molar-refractivity contribution in [3.8, 4) is 0 Å². The van der Waals surface area contributed by atoms with Crippen LogP contribution in [0.2, 0.25) is 0 Å². The summed E-state index contributed by atoms with van der Waals surface area (Å²) < 4.78 is 19.6. The Hall–Kier alpha value is -0.160. The molecule has 1 spiro atoms. The van der Waals surface area contributed by atoms with E-state index in [-0.39, 0.29) is 28.5 Å². The molecule has 0 aromatic rings. The summed E-state index contributed by atoms with van der Waals surface area (Å²) in [5, 5.41) is 10.6. The Morgan fingerprint density at radius 1 is 0.967 bits per heavy atom. The highest BCUT2D eigenvalue weighted by Crippen LogP contribution is 2.70. The van der Waals surface area contributed by atoms with Gasteiger partial charge in [0.25, 0.3) is 0 Å². The molecule has 0 amide bonds. The standard InChI is InChI=1S/C26H44O4/c1-16-12-24(4)17(11-20(16)27)7-8-18-19-9-10-26(29-14-23(2,3)15-30-26)25(19,5)13-21(28-6)22(18)24/h16-22,27H,7-15H2,1-6H3/t16-,17+,18+,19+,20?,21+,22-,24+,25+/m1/s1. The summed E-state index contributed by atoms with van der Waals surface area (Å²) in [4.78, 5) is 0. The average molecular weight is 421 g/mol. The van der Waals surface area contributed by atoms with Crippen molar-refractivity contribution in [3.63, 3.8) is 0 Å². The first-order valence-corrected chi connectivity index (χ1v) is 12.5. The fourth-order valence-electron chi connectivity index (χ4n) is 9.04. The van der Waals surface area contributed by atoms with Gasteiger partial charge in [-0.05, 0) is 73.5 Å². The van der Waals surface area contributed by atoms with Crippen molar-refractivity contribution < 1.29 is 19.3 Å². The number of hydrogen-bond acceptors (Lipinski definition) is 4. The van der Waals surface area contributed by atoms with Gasteiger partial charge < -0.3 is 19.3 Å². The van der Waals surface area contributed by atoms with Crippen LogP contribution < -0.4 is 0 Å². The molecule has 4 aliphatic carbocycles. The molecule has 30 heavy (non-hydrogen) atoms. The fraction of sp³-hybridized carbons (Fsp3) is 1.00. The number of methoxy groups -OCH3 is 1. The number of ether oxygens (including phenoxy) is 3. The third-order valence-corrected chi connectivity index (χ3v) is 10.7. The highest BCUT2D eigenvalue weighted by Gasteiger charge is 2.70. The van der Waals surface area contributed by atoms with Crippen molar-refractivity contribution in [3.05, 3.63) is 0 Å². The molecule has 4 nitrogen and oxygen atoms in total. The second-order valence-electron chi connectivity index (χ2n) is 13.0. The van der Waals surface area contributed by atoms with Crippen molar-refractivity contribution in [1.82, 2.24) is 0 Å². The Labute approximate surface area is 183 Å². The van der Waals surface area contributed by atoms with E-state index in [2.05, 4.69) is 34.6 Å². The normalized spacial score (nSPS) is 54.3. The van der Waals surface area contributed by atoms with E-state index in [0.717, 1.165) is 38.9 Å². The van der Waals surface area contributed by atoms with Crippen molar-refractivity contribution >= 4 is 0 Å². The van der Waals surface area contributed by atoms with Crippen LogP contribution >= 0.6 is 0 Å². The van der Waals surface area contributed by atoms with Gasteiger partial charge in [0.05, 0.1) is 25.4 Å². The van der Waals surface area contributed by atoms with Crippen molar-refractivity contribution in [1.29, 1.82) is 0 Å². The molecule has 172 valence electrons. The molecule has 0 bridgehead atoms. The summed E-state index contributed by atoms with van der Waals surface area (Å²) in [6, 6.07) is 0. The first-order valence-electron chi connectivity index (χ1n) is 12.5. The zero-order valence-electron chi connectivity index (χ0n) is 20.1. The topological polar surface area (TPSA) is 47.9 Å². The number of aliphatic hydroxyl groups excluding tert-OH is 1. The predicted octanol–water partition coefficient (Wildman–Crippen LogP) is 5.03. The Kier molecular flexibility index (Phi) is 5.00. The molecule has 1 saturated heterocycles. The summed E-state index contributed by atoms with van der Waals surface area (Å²) in [6.07, 6.45) is 8.04. The monoisotopic (exact) mass is 420 g/mol. The third-order valence-electron chi connectivity index (χ3n) is 10.7. The largest absolute Gasteiger partial charge is 0.393 e. The maximum Gasteiger partial charge on any atom is 0.173 e. The van der Waals surface area contributed by atoms with Crippen LogP contribution in [0.25, 0.3) is 0 Å². The van der Waals surface area contributed by atoms with Crippen LogP contribution in [0, 0.1) is 45.8 Å². The minimum atomic E-state index is -0.428. The molecule has 0 aromatic carbocycles. The fourth-order valence-corrected chi connectivity index (χ4v) is 9.04. The number of fused-ring (bicyclic) bond motifs is 6. The van der Waals surface area contributed by atoms with E-state index in [1.54, 1.807) is 0 Å². The molecule has 5 fully saturated rings. The SMILES string of the molecule is CO[C@H]1C[C@@]2(C)[C@@H](CCC23OCC(C)(C)CO3)[C@@H]2CC[C@H]3CC(O)[C@H](C)C[C@]3(C)[C@H]21. The zero-order chi connectivity index (χ0) is 21.5. The maximum absolute atomic E-state index is 10.6. The van der Waals surface area contributed by atoms with Crippen LogP contribution in [-0.2, 0) is 14.2 Å². The molecule has 4 saturated carbocycles.